The summed E-state index contributed by atoms with van der Waals surface area (Å²) in [6.07, 6.45) is 6.89. The smallest absolute Gasteiger partial charge is 0.0945 e. The molecule has 0 aliphatic heterocycles. The number of hydrogen-bond acceptors (Lipinski definition) is 2. The number of imidazole rings is 1. The molecule has 0 unspecified atom stereocenters. The minimum Gasteiger partial charge on any atom is -0.337 e. The zero-order valence-electron chi connectivity index (χ0n) is 9.90. The van der Waals surface area contributed by atoms with Gasteiger partial charge in [0.2, 0.25) is 0 Å². The molecule has 3 nitrogen and oxygen atoms in total. The van der Waals surface area contributed by atoms with Crippen molar-refractivity contribution in [3.63, 3.8) is 0 Å². The second kappa shape index (κ2) is 8.75. The van der Waals surface area contributed by atoms with Gasteiger partial charge in [-0.05, 0) is 26.6 Å². The molecule has 1 aromatic heterocycles. The molecule has 0 aromatic carbocycles. The molecule has 0 N–H and O–H groups in total. The molecule has 0 amide bonds. The Bertz CT molecular complexity index is 194. The Balaban J connectivity index is 0.000000791. The summed E-state index contributed by atoms with van der Waals surface area (Å²) in [6, 6.07) is 0. The van der Waals surface area contributed by atoms with E-state index in [0.29, 0.717) is 0 Å². The zero-order valence-corrected chi connectivity index (χ0v) is 9.90. The normalized spacial score (nSPS) is 9.79. The molecule has 0 saturated carbocycles. The Labute approximate surface area is 87.8 Å². The number of aromatic nitrogens is 2. The van der Waals surface area contributed by atoms with Crippen LogP contribution in [-0.4, -0.2) is 34.6 Å². The number of nitrogens with zero attached hydrogens (tertiary/aromatic N) is 3. The molecule has 82 valence electrons. The molecule has 14 heavy (non-hydrogen) atoms. The largest absolute Gasteiger partial charge is 0.337 e. The Hall–Kier alpha value is -0.830. The molecule has 0 aliphatic rings. The molecular weight excluding hydrogens is 174 g/mol. The lowest BCUT2D eigenvalue weighted by Gasteiger charge is -2.13. The summed E-state index contributed by atoms with van der Waals surface area (Å²) < 4.78 is 2.11. The van der Waals surface area contributed by atoms with E-state index in [1.807, 2.05) is 32.6 Å². The maximum Gasteiger partial charge on any atom is 0.0945 e. The first-order valence-corrected chi connectivity index (χ1v) is 5.47. The number of aryl methyl sites for hydroxylation is 1. The maximum atomic E-state index is 3.99. The maximum absolute atomic E-state index is 3.99. The van der Waals surface area contributed by atoms with Crippen LogP contribution in [0.25, 0.3) is 0 Å². The molecule has 0 saturated heterocycles. The predicted octanol–water partition coefficient (Wildman–Crippen LogP) is 2.25. The van der Waals surface area contributed by atoms with Gasteiger partial charge in [0.05, 0.1) is 6.33 Å². The Kier molecular flexibility index (Phi) is 8.24. The molecular formula is C11H23N3. The standard InChI is InChI=1S/C9H17N3.C2H6/c1-3-11(2)6-4-7-12-8-5-10-9-12;1-2/h5,8-9H,3-4,6-7H2,1-2H3;1-2H3. The third-order valence-electron chi connectivity index (χ3n) is 2.06. The van der Waals surface area contributed by atoms with Gasteiger partial charge in [0.15, 0.2) is 0 Å². The average molecular weight is 197 g/mol. The predicted molar refractivity (Wildman–Crippen MR) is 61.4 cm³/mol. The van der Waals surface area contributed by atoms with Crippen LogP contribution < -0.4 is 0 Å². The highest BCUT2D eigenvalue weighted by Crippen LogP contribution is 1.92. The van der Waals surface area contributed by atoms with Crippen molar-refractivity contribution in [2.24, 2.45) is 0 Å². The third kappa shape index (κ3) is 5.75. The zero-order chi connectivity index (χ0) is 10.8. The highest BCUT2D eigenvalue weighted by molar-refractivity contribution is 4.73. The summed E-state index contributed by atoms with van der Waals surface area (Å²) in [5.41, 5.74) is 0. The van der Waals surface area contributed by atoms with Crippen LogP contribution in [0.3, 0.4) is 0 Å². The first-order valence-electron chi connectivity index (χ1n) is 5.47. The monoisotopic (exact) mass is 197 g/mol. The molecule has 0 fully saturated rings. The van der Waals surface area contributed by atoms with E-state index in [2.05, 4.69) is 28.4 Å². The molecule has 1 rings (SSSR count). The van der Waals surface area contributed by atoms with Crippen molar-refractivity contribution in [2.75, 3.05) is 20.1 Å². The fraction of sp³-hybridized carbons (Fsp3) is 0.727. The average Bonchev–Trinajstić information content (AvgIpc) is 2.73. The fourth-order valence-electron chi connectivity index (χ4n) is 1.10. The summed E-state index contributed by atoms with van der Waals surface area (Å²) in [6.45, 7) is 9.54. The van der Waals surface area contributed by atoms with Crippen molar-refractivity contribution in [3.8, 4) is 0 Å². The molecule has 1 aromatic rings. The summed E-state index contributed by atoms with van der Waals surface area (Å²) >= 11 is 0. The van der Waals surface area contributed by atoms with Crippen LogP contribution >= 0.6 is 0 Å². The van der Waals surface area contributed by atoms with Gasteiger partial charge in [0.25, 0.3) is 0 Å². The van der Waals surface area contributed by atoms with Crippen molar-refractivity contribution in [3.05, 3.63) is 18.7 Å². The van der Waals surface area contributed by atoms with Crippen LogP contribution in [0.15, 0.2) is 18.7 Å². The quantitative estimate of drug-likeness (QED) is 0.722. The number of rotatable bonds is 5. The van der Waals surface area contributed by atoms with Crippen molar-refractivity contribution in [1.29, 1.82) is 0 Å². The van der Waals surface area contributed by atoms with Gasteiger partial charge in [-0.3, -0.25) is 0 Å². The van der Waals surface area contributed by atoms with Crippen LogP contribution in [0, 0.1) is 0 Å². The molecule has 1 heterocycles. The molecule has 0 aliphatic carbocycles. The lowest BCUT2D eigenvalue weighted by molar-refractivity contribution is 0.338. The van der Waals surface area contributed by atoms with Crippen molar-refractivity contribution in [2.45, 2.75) is 33.7 Å². The molecule has 0 radical (unpaired) electrons. The molecule has 0 bridgehead atoms. The second-order valence-corrected chi connectivity index (χ2v) is 3.05. The summed E-state index contributed by atoms with van der Waals surface area (Å²) in [4.78, 5) is 6.31. The molecule has 3 heteroatoms. The lowest BCUT2D eigenvalue weighted by atomic mass is 10.4. The van der Waals surface area contributed by atoms with Gasteiger partial charge in [-0.1, -0.05) is 20.8 Å². The van der Waals surface area contributed by atoms with E-state index in [1.54, 1.807) is 0 Å². The highest BCUT2D eigenvalue weighted by atomic mass is 15.1. The molecule has 0 spiro atoms. The minimum absolute atomic E-state index is 1.07. The van der Waals surface area contributed by atoms with E-state index in [-0.39, 0.29) is 0 Å². The van der Waals surface area contributed by atoms with Crippen LogP contribution in [0.5, 0.6) is 0 Å². The van der Waals surface area contributed by atoms with Gasteiger partial charge >= 0.3 is 0 Å². The van der Waals surface area contributed by atoms with Crippen LogP contribution in [0.1, 0.15) is 27.2 Å². The Morgan fingerprint density at radius 1 is 1.36 bits per heavy atom. The number of hydrogen-bond donors (Lipinski definition) is 0. The van der Waals surface area contributed by atoms with E-state index in [4.69, 9.17) is 0 Å². The fourth-order valence-corrected chi connectivity index (χ4v) is 1.10. The summed E-state index contributed by atoms with van der Waals surface area (Å²) in [5.74, 6) is 0. The van der Waals surface area contributed by atoms with E-state index >= 15 is 0 Å². The van der Waals surface area contributed by atoms with E-state index < -0.39 is 0 Å². The Morgan fingerprint density at radius 3 is 2.57 bits per heavy atom. The van der Waals surface area contributed by atoms with E-state index in [9.17, 15) is 0 Å². The lowest BCUT2D eigenvalue weighted by Crippen LogP contribution is -2.19. The van der Waals surface area contributed by atoms with Gasteiger partial charge in [0, 0.05) is 18.9 Å². The van der Waals surface area contributed by atoms with Crippen molar-refractivity contribution >= 4 is 0 Å². The third-order valence-corrected chi connectivity index (χ3v) is 2.06. The molecule has 0 atom stereocenters. The van der Waals surface area contributed by atoms with Gasteiger partial charge in [-0.25, -0.2) is 4.98 Å². The topological polar surface area (TPSA) is 21.1 Å². The first-order chi connectivity index (χ1) is 6.83. The summed E-state index contributed by atoms with van der Waals surface area (Å²) in [5, 5.41) is 0. The van der Waals surface area contributed by atoms with Crippen molar-refractivity contribution in [1.82, 2.24) is 14.5 Å². The van der Waals surface area contributed by atoms with E-state index in [1.165, 1.54) is 6.42 Å². The van der Waals surface area contributed by atoms with Gasteiger partial charge in [-0.2, -0.15) is 0 Å². The highest BCUT2D eigenvalue weighted by Gasteiger charge is 1.94. The van der Waals surface area contributed by atoms with Crippen LogP contribution in [-0.2, 0) is 6.54 Å². The van der Waals surface area contributed by atoms with Gasteiger partial charge < -0.3 is 9.47 Å². The van der Waals surface area contributed by atoms with Crippen LogP contribution in [0.2, 0.25) is 0 Å². The van der Waals surface area contributed by atoms with Crippen molar-refractivity contribution < 1.29 is 0 Å². The van der Waals surface area contributed by atoms with E-state index in [0.717, 1.165) is 19.6 Å². The summed E-state index contributed by atoms with van der Waals surface area (Å²) in [7, 11) is 2.15. The van der Waals surface area contributed by atoms with Crippen LogP contribution in [0.4, 0.5) is 0 Å². The second-order valence-electron chi connectivity index (χ2n) is 3.05. The Morgan fingerprint density at radius 2 is 2.07 bits per heavy atom. The first kappa shape index (κ1) is 13.2. The van der Waals surface area contributed by atoms with Gasteiger partial charge in [-0.15, -0.1) is 0 Å². The minimum atomic E-state index is 1.07. The SMILES string of the molecule is CC.CCN(C)CCCn1ccnc1. The van der Waals surface area contributed by atoms with Gasteiger partial charge in [0.1, 0.15) is 0 Å².